The Morgan fingerprint density at radius 3 is 2.19 bits per heavy atom. The highest BCUT2D eigenvalue weighted by atomic mass is 32.2. The lowest BCUT2D eigenvalue weighted by molar-refractivity contribution is -0.153. The molecule has 1 amide bonds. The Hall–Kier alpha value is -3.52. The Morgan fingerprint density at radius 1 is 0.936 bits per heavy atom. The highest BCUT2D eigenvalue weighted by Crippen LogP contribution is 2.36. The van der Waals surface area contributed by atoms with Crippen molar-refractivity contribution in [3.63, 3.8) is 0 Å². The molecule has 3 aromatic rings. The van der Waals surface area contributed by atoms with E-state index in [2.05, 4.69) is 0 Å². The first-order chi connectivity index (χ1) is 22.7. The minimum atomic E-state index is -4.30. The van der Waals surface area contributed by atoms with E-state index >= 15 is 0 Å². The van der Waals surface area contributed by atoms with Crippen LogP contribution in [0.15, 0.2) is 89.8 Å². The number of hydroxylamine groups is 1. The Morgan fingerprint density at radius 2 is 1.57 bits per heavy atom. The molecule has 0 aromatic heterocycles. The summed E-state index contributed by atoms with van der Waals surface area (Å²) in [6.07, 6.45) is -1.81. The Kier molecular flexibility index (Phi) is 11.9. The number of aliphatic hydroxyl groups excluding tert-OH is 1. The van der Waals surface area contributed by atoms with E-state index in [4.69, 9.17) is 19.0 Å². The lowest BCUT2D eigenvalue weighted by atomic mass is 9.93. The van der Waals surface area contributed by atoms with Crippen LogP contribution in [0.1, 0.15) is 44.2 Å². The van der Waals surface area contributed by atoms with Gasteiger partial charge in [-0.25, -0.2) is 13.2 Å². The van der Waals surface area contributed by atoms with Gasteiger partial charge in [0.1, 0.15) is 12.4 Å². The van der Waals surface area contributed by atoms with E-state index in [9.17, 15) is 23.4 Å². The summed E-state index contributed by atoms with van der Waals surface area (Å²) in [5.41, 5.74) is 1.77. The van der Waals surface area contributed by atoms with Gasteiger partial charge in [-0.2, -0.15) is 0 Å². The van der Waals surface area contributed by atoms with E-state index in [1.165, 1.54) is 17.0 Å². The summed E-state index contributed by atoms with van der Waals surface area (Å²) in [5, 5.41) is 22.4. The van der Waals surface area contributed by atoms with Gasteiger partial charge in [-0.1, -0.05) is 79.0 Å². The molecule has 2 aliphatic rings. The summed E-state index contributed by atoms with van der Waals surface area (Å²) in [6.45, 7) is 4.18. The molecule has 254 valence electrons. The summed E-state index contributed by atoms with van der Waals surface area (Å²) < 4.78 is 46.3. The van der Waals surface area contributed by atoms with Crippen LogP contribution in [0, 0.1) is 5.92 Å². The van der Waals surface area contributed by atoms with Crippen molar-refractivity contribution in [2.24, 2.45) is 5.92 Å². The fourth-order valence-corrected chi connectivity index (χ4v) is 7.48. The molecule has 2 N–H and O–H groups in total. The second-order valence-corrected chi connectivity index (χ2v) is 13.7. The molecule has 5 rings (SSSR count). The standard InChI is InChI=1S/C35H44N2O9S/c1-3-27(4-2)46-36(47(41,42)29-17-15-28(16-18-29)44-23-26-13-9-6-10-14-26)22-33(38)31(21-25-11-7-5-8-12-25)37(35(39)40)32-24-45-34-30(32)19-20-43-34/h5-18,27,30-34,38H,3-4,19-24H2,1-2H3,(H,39,40)/t30-,31-,32-,33+,34+/m0/s1. The normalized spacial score (nSPS) is 20.7. The Balaban J connectivity index is 1.41. The molecule has 3 aromatic carbocycles. The second-order valence-electron chi connectivity index (χ2n) is 11.9. The smallest absolute Gasteiger partial charge is 0.407 e. The van der Waals surface area contributed by atoms with Gasteiger partial charge in [0.25, 0.3) is 10.0 Å². The van der Waals surface area contributed by atoms with Crippen LogP contribution in [0.2, 0.25) is 0 Å². The third-order valence-electron chi connectivity index (χ3n) is 8.83. The molecule has 0 aliphatic carbocycles. The molecule has 0 bridgehead atoms. The van der Waals surface area contributed by atoms with Crippen molar-refractivity contribution in [2.75, 3.05) is 19.8 Å². The van der Waals surface area contributed by atoms with Gasteiger partial charge < -0.3 is 24.4 Å². The van der Waals surface area contributed by atoms with Gasteiger partial charge in [-0.15, -0.1) is 0 Å². The van der Waals surface area contributed by atoms with E-state index in [1.54, 1.807) is 12.1 Å². The zero-order valence-corrected chi connectivity index (χ0v) is 27.6. The number of aliphatic hydroxyl groups is 1. The van der Waals surface area contributed by atoms with Gasteiger partial charge in [-0.05, 0) is 61.1 Å². The molecule has 0 unspecified atom stereocenters. The monoisotopic (exact) mass is 668 g/mol. The van der Waals surface area contributed by atoms with E-state index in [0.717, 1.165) is 15.6 Å². The maximum atomic E-state index is 14.1. The molecule has 12 heteroatoms. The number of nitrogens with zero attached hydrogens (tertiary/aromatic N) is 2. The van der Waals surface area contributed by atoms with E-state index < -0.39 is 53.2 Å². The van der Waals surface area contributed by atoms with E-state index in [0.29, 0.717) is 38.2 Å². The van der Waals surface area contributed by atoms with E-state index in [-0.39, 0.29) is 23.8 Å². The zero-order valence-electron chi connectivity index (χ0n) is 26.8. The Labute approximate surface area is 276 Å². The highest BCUT2D eigenvalue weighted by Gasteiger charge is 2.49. The summed E-state index contributed by atoms with van der Waals surface area (Å²) in [4.78, 5) is 20.1. The second kappa shape index (κ2) is 16.1. The van der Waals surface area contributed by atoms with Crippen molar-refractivity contribution in [3.05, 3.63) is 96.1 Å². The molecule has 2 aliphatic heterocycles. The predicted octanol–water partition coefficient (Wildman–Crippen LogP) is 5.09. The van der Waals surface area contributed by atoms with Crippen LogP contribution in [0.25, 0.3) is 0 Å². The first-order valence-electron chi connectivity index (χ1n) is 16.1. The fourth-order valence-electron chi connectivity index (χ4n) is 6.18. The van der Waals surface area contributed by atoms with Crippen molar-refractivity contribution in [1.29, 1.82) is 0 Å². The molecule has 0 radical (unpaired) electrons. The minimum absolute atomic E-state index is 0.0486. The third kappa shape index (κ3) is 8.50. The van der Waals surface area contributed by atoms with Crippen LogP contribution in [-0.2, 0) is 37.4 Å². The SMILES string of the molecule is CCC(CC)ON(C[C@@H](O)[C@H](Cc1ccccc1)N(C(=O)O)[C@H]1CO[C@H]2OCC[C@H]21)S(=O)(=O)c1ccc(OCc2ccccc2)cc1. The van der Waals surface area contributed by atoms with Gasteiger partial charge in [0.15, 0.2) is 6.29 Å². The minimum Gasteiger partial charge on any atom is -0.489 e. The number of carbonyl (C=O) groups is 1. The number of carboxylic acid groups (broad SMARTS) is 1. The number of ether oxygens (including phenoxy) is 3. The van der Waals surface area contributed by atoms with Crippen molar-refractivity contribution < 1.29 is 42.5 Å². The number of fused-ring (bicyclic) bond motifs is 1. The number of rotatable bonds is 16. The Bertz CT molecular complexity index is 1520. The summed E-state index contributed by atoms with van der Waals surface area (Å²) in [5.74, 6) is 0.299. The van der Waals surface area contributed by atoms with Crippen LogP contribution >= 0.6 is 0 Å². The summed E-state index contributed by atoms with van der Waals surface area (Å²) >= 11 is 0. The number of hydrogen-bond acceptors (Lipinski definition) is 8. The van der Waals surface area contributed by atoms with Crippen LogP contribution in [0.4, 0.5) is 4.79 Å². The predicted molar refractivity (Wildman–Crippen MR) is 174 cm³/mol. The first kappa shape index (κ1) is 34.8. The van der Waals surface area contributed by atoms with Gasteiger partial charge in [0.2, 0.25) is 0 Å². The molecular formula is C35H44N2O9S. The third-order valence-corrected chi connectivity index (χ3v) is 10.5. The highest BCUT2D eigenvalue weighted by molar-refractivity contribution is 7.89. The van der Waals surface area contributed by atoms with Crippen molar-refractivity contribution in [2.45, 2.75) is 81.6 Å². The van der Waals surface area contributed by atoms with E-state index in [1.807, 2.05) is 74.5 Å². The van der Waals surface area contributed by atoms with Crippen LogP contribution in [0.5, 0.6) is 5.75 Å². The molecule has 2 fully saturated rings. The number of sulfonamides is 1. The zero-order chi connectivity index (χ0) is 33.4. The first-order valence-corrected chi connectivity index (χ1v) is 17.6. The number of benzene rings is 3. The molecule has 47 heavy (non-hydrogen) atoms. The topological polar surface area (TPSA) is 135 Å². The van der Waals surface area contributed by atoms with Crippen LogP contribution in [0.3, 0.4) is 0 Å². The molecule has 11 nitrogen and oxygen atoms in total. The van der Waals surface area contributed by atoms with Gasteiger partial charge in [0.05, 0.1) is 48.9 Å². The average molecular weight is 669 g/mol. The quantitative estimate of drug-likeness (QED) is 0.200. The number of hydrogen-bond donors (Lipinski definition) is 2. The fraction of sp³-hybridized carbons (Fsp3) is 0.457. The van der Waals surface area contributed by atoms with Crippen molar-refractivity contribution in [1.82, 2.24) is 9.37 Å². The molecule has 0 spiro atoms. The molecule has 0 saturated carbocycles. The maximum absolute atomic E-state index is 14.1. The summed E-state index contributed by atoms with van der Waals surface area (Å²) in [7, 11) is -4.30. The molecular weight excluding hydrogens is 624 g/mol. The van der Waals surface area contributed by atoms with Gasteiger partial charge in [-0.3, -0.25) is 9.74 Å². The van der Waals surface area contributed by atoms with Crippen molar-refractivity contribution >= 4 is 16.1 Å². The van der Waals surface area contributed by atoms with Crippen molar-refractivity contribution in [3.8, 4) is 5.75 Å². The maximum Gasteiger partial charge on any atom is 0.407 e. The average Bonchev–Trinajstić information content (AvgIpc) is 3.71. The largest absolute Gasteiger partial charge is 0.489 e. The molecule has 2 heterocycles. The van der Waals surface area contributed by atoms with Crippen LogP contribution < -0.4 is 4.74 Å². The summed E-state index contributed by atoms with van der Waals surface area (Å²) in [6, 6.07) is 23.3. The molecule has 2 saturated heterocycles. The lowest BCUT2D eigenvalue weighted by Gasteiger charge is -2.39. The van der Waals surface area contributed by atoms with Crippen LogP contribution in [-0.4, -0.2) is 84.4 Å². The molecule has 5 atom stereocenters. The number of amides is 1. The van der Waals surface area contributed by atoms with Gasteiger partial charge >= 0.3 is 6.09 Å². The lowest BCUT2D eigenvalue weighted by Crippen LogP contribution is -2.57. The van der Waals surface area contributed by atoms with Gasteiger partial charge in [0, 0.05) is 5.92 Å².